The quantitative estimate of drug-likeness (QED) is 0.289. The normalized spacial score (nSPS) is 12.5. The third-order valence-electron chi connectivity index (χ3n) is 2.44. The molecule has 0 amide bonds. The van der Waals surface area contributed by atoms with Gasteiger partial charge in [0.2, 0.25) is 0 Å². The summed E-state index contributed by atoms with van der Waals surface area (Å²) in [4.78, 5) is 39.6. The molecule has 0 aliphatic carbocycles. The number of carbonyl (C=O) groups is 4. The maximum atomic E-state index is 9.92. The van der Waals surface area contributed by atoms with E-state index in [2.05, 4.69) is 4.74 Å². The molecule has 9 heteroatoms. The molecule has 9 nitrogen and oxygen atoms in total. The van der Waals surface area contributed by atoms with Gasteiger partial charge in [-0.15, -0.1) is 0 Å². The van der Waals surface area contributed by atoms with Gasteiger partial charge in [0.25, 0.3) is 0 Å². The topological polar surface area (TPSA) is 158 Å². The highest BCUT2D eigenvalue weighted by Gasteiger charge is 2.13. The Morgan fingerprint density at radius 2 is 1.25 bits per heavy atom. The zero-order valence-electron chi connectivity index (χ0n) is 13.7. The fourth-order valence-corrected chi connectivity index (χ4v) is 0.906. The van der Waals surface area contributed by atoms with Crippen LogP contribution in [-0.2, 0) is 23.9 Å². The zero-order valence-corrected chi connectivity index (χ0v) is 13.7. The molecule has 0 aromatic rings. The number of hydrogen-bond donors (Lipinski definition) is 4. The zero-order chi connectivity index (χ0) is 19.2. The summed E-state index contributed by atoms with van der Waals surface area (Å²) < 4.78 is 3.97. The van der Waals surface area contributed by atoms with Crippen molar-refractivity contribution in [1.29, 1.82) is 0 Å². The number of rotatable bonds is 7. The minimum absolute atomic E-state index is 0.0451. The number of aliphatic hydroxyl groups is 2. The minimum atomic E-state index is -0.870. The van der Waals surface area contributed by atoms with E-state index in [9.17, 15) is 19.2 Å². The van der Waals surface area contributed by atoms with E-state index in [1.165, 1.54) is 0 Å². The molecule has 0 fully saturated rings. The third-order valence-corrected chi connectivity index (χ3v) is 2.44. The molecule has 0 saturated carbocycles. The summed E-state index contributed by atoms with van der Waals surface area (Å²) in [7, 11) is 0. The number of ether oxygens (including phenoxy) is 1. The van der Waals surface area contributed by atoms with Crippen LogP contribution in [-0.4, -0.2) is 57.5 Å². The molecule has 1 aliphatic heterocycles. The summed E-state index contributed by atoms with van der Waals surface area (Å²) in [6.45, 7) is 3.69. The van der Waals surface area contributed by atoms with Crippen LogP contribution in [0.3, 0.4) is 0 Å². The second-order valence-electron chi connectivity index (χ2n) is 5.55. The van der Waals surface area contributed by atoms with Crippen LogP contribution in [0.1, 0.15) is 39.5 Å². The van der Waals surface area contributed by atoms with Crippen LogP contribution in [0.25, 0.3) is 0 Å². The van der Waals surface area contributed by atoms with E-state index < -0.39 is 23.9 Å². The first-order valence-electron chi connectivity index (χ1n) is 7.13. The lowest BCUT2D eigenvalue weighted by Gasteiger charge is -2.16. The monoisotopic (exact) mass is 348 g/mol. The summed E-state index contributed by atoms with van der Waals surface area (Å²) in [5.74, 6) is -2.90. The highest BCUT2D eigenvalue weighted by Crippen LogP contribution is 2.10. The van der Waals surface area contributed by atoms with Crippen molar-refractivity contribution in [3.63, 3.8) is 0 Å². The molecule has 138 valence electrons. The molecule has 0 aromatic heterocycles. The molecule has 1 aliphatic rings. The van der Waals surface area contributed by atoms with Gasteiger partial charge in [0.15, 0.2) is 0 Å². The van der Waals surface area contributed by atoms with E-state index >= 15 is 0 Å². The summed E-state index contributed by atoms with van der Waals surface area (Å²) in [6, 6.07) is 0. The van der Waals surface area contributed by atoms with Gasteiger partial charge in [0.05, 0.1) is 13.2 Å². The van der Waals surface area contributed by atoms with E-state index in [1.807, 2.05) is 0 Å². The average molecular weight is 348 g/mol. The van der Waals surface area contributed by atoms with Gasteiger partial charge in [-0.05, 0) is 12.8 Å². The van der Waals surface area contributed by atoms with Gasteiger partial charge in [-0.25, -0.2) is 9.59 Å². The Balaban J connectivity index is 0. The highest BCUT2D eigenvalue weighted by molar-refractivity contribution is 6.04. The Morgan fingerprint density at radius 1 is 0.917 bits per heavy atom. The van der Waals surface area contributed by atoms with Crippen molar-refractivity contribution in [3.8, 4) is 0 Å². The fraction of sp³-hybridized carbons (Fsp3) is 0.600. The summed E-state index contributed by atoms with van der Waals surface area (Å²) >= 11 is 0. The predicted molar refractivity (Wildman–Crippen MR) is 81.9 cm³/mol. The van der Waals surface area contributed by atoms with Crippen molar-refractivity contribution in [2.24, 2.45) is 5.41 Å². The fourth-order valence-electron chi connectivity index (χ4n) is 0.906. The van der Waals surface area contributed by atoms with Crippen LogP contribution in [0.2, 0.25) is 0 Å². The van der Waals surface area contributed by atoms with Gasteiger partial charge >= 0.3 is 23.9 Å². The molecular weight excluding hydrogens is 324 g/mol. The van der Waals surface area contributed by atoms with Crippen LogP contribution in [0.5, 0.6) is 0 Å². The Hall–Kier alpha value is -2.26. The first-order chi connectivity index (χ1) is 11.0. The number of aliphatic hydroxyl groups excluding tert-OH is 2. The van der Waals surface area contributed by atoms with E-state index in [4.69, 9.17) is 20.4 Å². The second kappa shape index (κ2) is 13.2. The van der Waals surface area contributed by atoms with Crippen LogP contribution < -0.4 is 0 Å². The van der Waals surface area contributed by atoms with E-state index in [0.29, 0.717) is 12.8 Å². The van der Waals surface area contributed by atoms with Crippen molar-refractivity contribution in [1.82, 2.24) is 0 Å². The Morgan fingerprint density at radius 3 is 1.38 bits per heavy atom. The van der Waals surface area contributed by atoms with Crippen LogP contribution in [0.4, 0.5) is 0 Å². The van der Waals surface area contributed by atoms with Gasteiger partial charge in [0, 0.05) is 30.4 Å². The van der Waals surface area contributed by atoms with Gasteiger partial charge < -0.3 is 25.2 Å². The Bertz CT molecular complexity index is 414. The number of hydrogen-bond acceptors (Lipinski definition) is 7. The van der Waals surface area contributed by atoms with Crippen LogP contribution in [0.15, 0.2) is 12.2 Å². The van der Waals surface area contributed by atoms with Gasteiger partial charge in [0.1, 0.15) is 0 Å². The first-order valence-corrected chi connectivity index (χ1v) is 7.13. The molecular formula is C15H24O9. The summed E-state index contributed by atoms with van der Waals surface area (Å²) in [5.41, 5.74) is -0.306. The Labute approximate surface area is 139 Å². The molecule has 0 spiro atoms. The minimum Gasteiger partial charge on any atom is -0.481 e. The standard InChI is InChI=1S/C6H10O4.C5H12O2.C4H2O3/c7-5(8)3-1-2-4-6(9)10;1-5(2,3-6)4-7;5-3-1-2-4(6)7-3/h1-4H2,(H,7,8)(H,9,10);6-7H,3-4H2,1-2H3;1-2H. The molecule has 0 atom stereocenters. The van der Waals surface area contributed by atoms with Gasteiger partial charge in [-0.2, -0.15) is 0 Å². The largest absolute Gasteiger partial charge is 0.481 e. The van der Waals surface area contributed by atoms with Crippen molar-refractivity contribution < 1.29 is 44.3 Å². The third kappa shape index (κ3) is 17.8. The highest BCUT2D eigenvalue weighted by atomic mass is 16.6. The molecule has 0 radical (unpaired) electrons. The molecule has 1 rings (SSSR count). The van der Waals surface area contributed by atoms with Crippen molar-refractivity contribution in [3.05, 3.63) is 12.2 Å². The molecule has 24 heavy (non-hydrogen) atoms. The number of unbranched alkanes of at least 4 members (excludes halogenated alkanes) is 1. The molecule has 0 unspecified atom stereocenters. The number of carboxylic acids is 2. The van der Waals surface area contributed by atoms with Gasteiger partial charge in [-0.1, -0.05) is 13.8 Å². The predicted octanol–water partition coefficient (Wildman–Crippen LogP) is 0.339. The summed E-state index contributed by atoms with van der Waals surface area (Å²) in [5, 5.41) is 33.1. The Kier molecular flexibility index (Phi) is 13.2. The number of aliphatic carboxylic acids is 2. The van der Waals surface area contributed by atoms with Crippen LogP contribution in [0, 0.1) is 5.41 Å². The lowest BCUT2D eigenvalue weighted by molar-refractivity contribution is -0.150. The van der Waals surface area contributed by atoms with Crippen molar-refractivity contribution in [2.75, 3.05) is 13.2 Å². The van der Waals surface area contributed by atoms with E-state index in [1.54, 1.807) is 13.8 Å². The van der Waals surface area contributed by atoms with Crippen molar-refractivity contribution >= 4 is 23.9 Å². The first kappa shape index (κ1) is 24.0. The average Bonchev–Trinajstić information content (AvgIpc) is 2.88. The molecule has 0 bridgehead atoms. The molecule has 0 saturated heterocycles. The van der Waals surface area contributed by atoms with Crippen molar-refractivity contribution in [2.45, 2.75) is 39.5 Å². The maximum Gasteiger partial charge on any atom is 0.338 e. The number of carbonyl (C=O) groups excluding carboxylic acids is 2. The van der Waals surface area contributed by atoms with E-state index in [0.717, 1.165) is 12.2 Å². The smallest absolute Gasteiger partial charge is 0.338 e. The summed E-state index contributed by atoms with van der Waals surface area (Å²) in [6.07, 6.45) is 3.19. The lowest BCUT2D eigenvalue weighted by Crippen LogP contribution is -2.20. The van der Waals surface area contributed by atoms with E-state index in [-0.39, 0.29) is 31.5 Å². The number of cyclic esters (lactones) is 2. The lowest BCUT2D eigenvalue weighted by atomic mass is 9.97. The molecule has 1 heterocycles. The molecule has 0 aromatic carbocycles. The second-order valence-corrected chi connectivity index (χ2v) is 5.55. The molecule has 4 N–H and O–H groups in total. The number of carboxylic acid groups (broad SMARTS) is 2. The number of esters is 2. The maximum absolute atomic E-state index is 9.92. The van der Waals surface area contributed by atoms with Crippen LogP contribution >= 0.6 is 0 Å². The van der Waals surface area contributed by atoms with Gasteiger partial charge in [-0.3, -0.25) is 9.59 Å². The SMILES string of the molecule is CC(C)(CO)CO.O=C(O)CCCCC(=O)O.O=C1C=CC(=O)O1.